The summed E-state index contributed by atoms with van der Waals surface area (Å²) in [7, 11) is 0. The summed E-state index contributed by atoms with van der Waals surface area (Å²) in [6, 6.07) is 21.1. The average molecular weight is 477 g/mol. The summed E-state index contributed by atoms with van der Waals surface area (Å²) < 4.78 is 1.03. The normalized spacial score (nSPS) is 17.8. The van der Waals surface area contributed by atoms with Gasteiger partial charge in [-0.1, -0.05) is 65.8 Å². The zero-order chi connectivity index (χ0) is 22.9. The van der Waals surface area contributed by atoms with E-state index >= 15 is 0 Å². The van der Waals surface area contributed by atoms with Crippen LogP contribution in [-0.2, 0) is 4.79 Å². The fourth-order valence-corrected chi connectivity index (χ4v) is 5.59. The van der Waals surface area contributed by atoms with Gasteiger partial charge in [0.25, 0.3) is 0 Å². The number of hydrogen-bond donors (Lipinski definition) is 2. The van der Waals surface area contributed by atoms with Gasteiger partial charge >= 0.3 is 5.97 Å². The van der Waals surface area contributed by atoms with Crippen LogP contribution >= 0.6 is 22.9 Å². The molecule has 5 rings (SSSR count). The van der Waals surface area contributed by atoms with E-state index in [2.05, 4.69) is 10.3 Å². The number of anilines is 2. The number of aromatic nitrogens is 1. The van der Waals surface area contributed by atoms with Crippen molar-refractivity contribution in [1.29, 1.82) is 0 Å². The fraction of sp³-hybridized carbons (Fsp3) is 0.192. The van der Waals surface area contributed by atoms with Gasteiger partial charge in [-0.25, -0.2) is 4.98 Å². The minimum Gasteiger partial charge on any atom is -0.481 e. The molecule has 5 nitrogen and oxygen atoms in total. The zero-order valence-electron chi connectivity index (χ0n) is 17.6. The van der Waals surface area contributed by atoms with Crippen LogP contribution in [0.2, 0.25) is 5.02 Å². The molecule has 1 aliphatic carbocycles. The van der Waals surface area contributed by atoms with Gasteiger partial charge in [-0.05, 0) is 54.3 Å². The molecule has 1 aliphatic rings. The molecule has 166 valence electrons. The molecule has 2 unspecified atom stereocenters. The quantitative estimate of drug-likeness (QED) is 0.291. The first kappa shape index (κ1) is 21.6. The lowest BCUT2D eigenvalue weighted by atomic mass is 9.88. The lowest BCUT2D eigenvalue weighted by molar-refractivity contribution is -0.142. The van der Waals surface area contributed by atoms with Gasteiger partial charge in [0.05, 0.1) is 16.1 Å². The Bertz CT molecular complexity index is 1330. The zero-order valence-corrected chi connectivity index (χ0v) is 19.2. The monoisotopic (exact) mass is 476 g/mol. The minimum absolute atomic E-state index is 0.0666. The van der Waals surface area contributed by atoms with Crippen LogP contribution in [-0.4, -0.2) is 21.8 Å². The van der Waals surface area contributed by atoms with Crippen LogP contribution < -0.4 is 5.32 Å². The molecule has 0 radical (unpaired) electrons. The van der Waals surface area contributed by atoms with Crippen molar-refractivity contribution in [3.63, 3.8) is 0 Å². The van der Waals surface area contributed by atoms with Crippen LogP contribution in [0, 0.1) is 11.8 Å². The molecule has 2 N–H and O–H groups in total. The van der Waals surface area contributed by atoms with Crippen molar-refractivity contribution in [2.24, 2.45) is 11.8 Å². The number of thiazole rings is 1. The average Bonchev–Trinajstić information content (AvgIpc) is 3.46. The van der Waals surface area contributed by atoms with Crippen LogP contribution in [0.5, 0.6) is 0 Å². The number of nitrogens with zero attached hydrogens (tertiary/aromatic N) is 1. The van der Waals surface area contributed by atoms with Crippen molar-refractivity contribution >= 4 is 55.7 Å². The van der Waals surface area contributed by atoms with Gasteiger partial charge < -0.3 is 10.4 Å². The molecule has 0 spiro atoms. The summed E-state index contributed by atoms with van der Waals surface area (Å²) in [5.41, 5.74) is 4.43. The Morgan fingerprint density at radius 2 is 1.61 bits per heavy atom. The van der Waals surface area contributed by atoms with Crippen LogP contribution in [0.4, 0.5) is 10.8 Å². The van der Waals surface area contributed by atoms with E-state index < -0.39 is 17.8 Å². The van der Waals surface area contributed by atoms with E-state index in [-0.39, 0.29) is 5.78 Å². The van der Waals surface area contributed by atoms with Crippen molar-refractivity contribution < 1.29 is 14.7 Å². The third kappa shape index (κ3) is 4.49. The molecule has 7 heteroatoms. The van der Waals surface area contributed by atoms with Crippen molar-refractivity contribution in [3.05, 3.63) is 77.3 Å². The number of fused-ring (bicyclic) bond motifs is 1. The standard InChI is InChI=1S/C26H21ClN2O3S/c27-18-10-13-22-23(14-18)33-26(29-22)28-19-11-8-16(9-12-19)15-4-6-17(7-5-15)24(30)20-2-1-3-21(20)25(31)32/h4-14,20-21H,1-3H2,(H,28,29)(H,31,32). The summed E-state index contributed by atoms with van der Waals surface area (Å²) in [4.78, 5) is 28.8. The number of halogens is 1. The van der Waals surface area contributed by atoms with Gasteiger partial charge in [-0.2, -0.15) is 0 Å². The number of ketones is 1. The molecule has 1 saturated carbocycles. The molecule has 0 aliphatic heterocycles. The third-order valence-electron chi connectivity index (χ3n) is 6.16. The number of Topliss-reactive ketones (excluding diaryl/α,β-unsaturated/α-hetero) is 1. The summed E-state index contributed by atoms with van der Waals surface area (Å²) in [6.07, 6.45) is 2.01. The lowest BCUT2D eigenvalue weighted by Crippen LogP contribution is -2.25. The first-order chi connectivity index (χ1) is 16.0. The second-order valence-corrected chi connectivity index (χ2v) is 9.72. The van der Waals surface area contributed by atoms with E-state index in [0.29, 0.717) is 23.4 Å². The lowest BCUT2D eigenvalue weighted by Gasteiger charge is -2.14. The molecule has 4 aromatic rings. The first-order valence-corrected chi connectivity index (χ1v) is 12.0. The number of hydrogen-bond acceptors (Lipinski definition) is 5. The Morgan fingerprint density at radius 1 is 0.939 bits per heavy atom. The summed E-state index contributed by atoms with van der Waals surface area (Å²) in [6.45, 7) is 0. The largest absolute Gasteiger partial charge is 0.481 e. The maximum atomic E-state index is 12.8. The second-order valence-electron chi connectivity index (χ2n) is 8.26. The summed E-state index contributed by atoms with van der Waals surface area (Å²) in [5, 5.41) is 14.2. The number of carboxylic acids is 1. The SMILES string of the molecule is O=C(O)C1CCCC1C(=O)c1ccc(-c2ccc(Nc3nc4ccc(Cl)cc4s3)cc2)cc1. The van der Waals surface area contributed by atoms with Gasteiger partial charge in [-0.3, -0.25) is 9.59 Å². The van der Waals surface area contributed by atoms with Gasteiger partial charge in [0.2, 0.25) is 0 Å². The first-order valence-electron chi connectivity index (χ1n) is 10.8. The van der Waals surface area contributed by atoms with Gasteiger partial charge in [-0.15, -0.1) is 0 Å². The molecule has 0 saturated heterocycles. The van der Waals surface area contributed by atoms with Crippen LogP contribution in [0.3, 0.4) is 0 Å². The maximum absolute atomic E-state index is 12.8. The smallest absolute Gasteiger partial charge is 0.307 e. The molecular weight excluding hydrogens is 456 g/mol. The third-order valence-corrected chi connectivity index (χ3v) is 7.33. The molecule has 1 fully saturated rings. The van der Waals surface area contributed by atoms with Gasteiger partial charge in [0.15, 0.2) is 10.9 Å². The topological polar surface area (TPSA) is 79.3 Å². The van der Waals surface area contributed by atoms with E-state index in [9.17, 15) is 14.7 Å². The number of carboxylic acid groups (broad SMARTS) is 1. The van der Waals surface area contributed by atoms with Gasteiger partial charge in [0.1, 0.15) is 0 Å². The molecular formula is C26H21ClN2O3S. The van der Waals surface area contributed by atoms with E-state index in [4.69, 9.17) is 11.6 Å². The molecule has 2 atom stereocenters. The number of carbonyl (C=O) groups excluding carboxylic acids is 1. The molecule has 0 amide bonds. The predicted octanol–water partition coefficient (Wildman–Crippen LogP) is 7.04. The van der Waals surface area contributed by atoms with Crippen molar-refractivity contribution in [2.45, 2.75) is 19.3 Å². The Morgan fingerprint density at radius 3 is 2.30 bits per heavy atom. The highest BCUT2D eigenvalue weighted by Gasteiger charge is 2.37. The predicted molar refractivity (Wildman–Crippen MR) is 133 cm³/mol. The van der Waals surface area contributed by atoms with Crippen LogP contribution in [0.1, 0.15) is 29.6 Å². The van der Waals surface area contributed by atoms with Crippen LogP contribution in [0.25, 0.3) is 21.3 Å². The van der Waals surface area contributed by atoms with Crippen molar-refractivity contribution in [3.8, 4) is 11.1 Å². The Balaban J connectivity index is 1.29. The summed E-state index contributed by atoms with van der Waals surface area (Å²) >= 11 is 7.61. The van der Waals surface area contributed by atoms with E-state index in [0.717, 1.165) is 38.6 Å². The number of nitrogens with one attached hydrogen (secondary N) is 1. The Kier molecular flexibility index (Phi) is 5.87. The van der Waals surface area contributed by atoms with Crippen molar-refractivity contribution in [2.75, 3.05) is 5.32 Å². The van der Waals surface area contributed by atoms with E-state index in [1.807, 2.05) is 54.6 Å². The van der Waals surface area contributed by atoms with Crippen molar-refractivity contribution in [1.82, 2.24) is 4.98 Å². The Hall–Kier alpha value is -3.22. The van der Waals surface area contributed by atoms with Crippen LogP contribution in [0.15, 0.2) is 66.7 Å². The number of carbonyl (C=O) groups is 2. The highest BCUT2D eigenvalue weighted by atomic mass is 35.5. The molecule has 0 bridgehead atoms. The molecule has 33 heavy (non-hydrogen) atoms. The van der Waals surface area contributed by atoms with Gasteiger partial charge in [0, 0.05) is 22.2 Å². The number of aliphatic carboxylic acids is 1. The summed E-state index contributed by atoms with van der Waals surface area (Å²) in [5.74, 6) is -1.92. The number of benzene rings is 3. The highest BCUT2D eigenvalue weighted by Crippen LogP contribution is 2.35. The molecule has 1 heterocycles. The molecule has 1 aromatic heterocycles. The number of rotatable bonds is 6. The van der Waals surface area contributed by atoms with E-state index in [1.54, 1.807) is 23.5 Å². The molecule has 3 aromatic carbocycles. The van der Waals surface area contributed by atoms with E-state index in [1.165, 1.54) is 0 Å². The highest BCUT2D eigenvalue weighted by molar-refractivity contribution is 7.22. The minimum atomic E-state index is -0.870. The fourth-order valence-electron chi connectivity index (χ4n) is 4.43. The second kappa shape index (κ2) is 8.96. The maximum Gasteiger partial charge on any atom is 0.307 e. The Labute approximate surface area is 200 Å².